The van der Waals surface area contributed by atoms with Crippen molar-refractivity contribution >= 4 is 43.6 Å². The number of para-hydroxylation sites is 1. The first-order chi connectivity index (χ1) is 20.2. The zero-order valence-electron chi connectivity index (χ0n) is 21.9. The second-order valence-electron chi connectivity index (χ2n) is 10.9. The lowest BCUT2D eigenvalue weighted by molar-refractivity contribution is 0.0969. The van der Waals surface area contributed by atoms with E-state index in [0.29, 0.717) is 5.56 Å². The maximum Gasteiger partial charge on any atom is 0.264 e. The van der Waals surface area contributed by atoms with Crippen LogP contribution in [-0.2, 0) is 5.41 Å². The molecule has 0 amide bonds. The van der Waals surface area contributed by atoms with Crippen LogP contribution in [0.15, 0.2) is 138 Å². The Hall–Kier alpha value is -4.73. The Bertz CT molecular complexity index is 2210. The number of benzene rings is 6. The first-order valence-electron chi connectivity index (χ1n) is 13.9. The molecule has 0 aliphatic heterocycles. The highest BCUT2D eigenvalue weighted by Crippen LogP contribution is 2.63. The molecule has 2 aliphatic rings. The van der Waals surface area contributed by atoms with Crippen LogP contribution in [0.3, 0.4) is 0 Å². The molecule has 1 heterocycles. The number of halogens is 1. The number of rotatable bonds is 1. The van der Waals surface area contributed by atoms with Gasteiger partial charge in [0.15, 0.2) is 0 Å². The average Bonchev–Trinajstić information content (AvgIpc) is 3.63. The third kappa shape index (κ3) is 2.74. The van der Waals surface area contributed by atoms with Crippen molar-refractivity contribution in [3.8, 4) is 22.3 Å². The van der Waals surface area contributed by atoms with Gasteiger partial charge in [-0.3, -0.25) is 9.36 Å². The Morgan fingerprint density at radius 3 is 1.80 bits per heavy atom. The van der Waals surface area contributed by atoms with Crippen LogP contribution in [-0.4, -0.2) is 10.5 Å². The summed E-state index contributed by atoms with van der Waals surface area (Å²) in [5.41, 5.74) is 12.0. The number of carbonyl (C=O) groups is 1. The van der Waals surface area contributed by atoms with Crippen molar-refractivity contribution in [3.63, 3.8) is 0 Å². The Balaban J connectivity index is 1.49. The van der Waals surface area contributed by atoms with Crippen molar-refractivity contribution in [2.75, 3.05) is 0 Å². The standard InChI is InChI=1S/C38H22BrNO/c39-33-19-9-4-15-28(33)37(41)40-34-20-10-5-13-25(34)26-21-22-32-35(36(26)40)27-14-3-8-18-31(27)38(32)29-16-6-1-11-23(29)24-12-2-7-17-30(24)38/h1-22H. The summed E-state index contributed by atoms with van der Waals surface area (Å²) in [6.07, 6.45) is 0. The molecule has 1 spiro atoms. The van der Waals surface area contributed by atoms with Crippen LogP contribution in [0, 0.1) is 0 Å². The SMILES string of the molecule is O=C(c1ccccc1Br)n1c2ccccc2c2ccc3c(c21)-c1ccccc1C31c2ccccc2-c2ccccc21. The molecule has 0 N–H and O–H groups in total. The number of hydrogen-bond donors (Lipinski definition) is 0. The predicted molar refractivity (Wildman–Crippen MR) is 170 cm³/mol. The minimum atomic E-state index is -0.453. The number of fused-ring (bicyclic) bond motifs is 14. The van der Waals surface area contributed by atoms with Crippen LogP contribution in [0.5, 0.6) is 0 Å². The van der Waals surface area contributed by atoms with E-state index in [1.54, 1.807) is 0 Å². The zero-order valence-corrected chi connectivity index (χ0v) is 23.5. The molecule has 192 valence electrons. The Labute approximate surface area is 245 Å². The summed E-state index contributed by atoms with van der Waals surface area (Å²) in [5, 5.41) is 2.17. The Morgan fingerprint density at radius 1 is 0.537 bits per heavy atom. The number of hydrogen-bond acceptors (Lipinski definition) is 1. The lowest BCUT2D eigenvalue weighted by Crippen LogP contribution is -2.25. The van der Waals surface area contributed by atoms with Gasteiger partial charge < -0.3 is 0 Å². The van der Waals surface area contributed by atoms with Gasteiger partial charge in [0.05, 0.1) is 22.0 Å². The molecule has 0 saturated carbocycles. The maximum absolute atomic E-state index is 14.5. The van der Waals surface area contributed by atoms with Gasteiger partial charge in [-0.25, -0.2) is 0 Å². The quantitative estimate of drug-likeness (QED) is 0.187. The van der Waals surface area contributed by atoms with Gasteiger partial charge in [-0.2, -0.15) is 0 Å². The van der Waals surface area contributed by atoms with Crippen molar-refractivity contribution in [2.24, 2.45) is 0 Å². The smallest absolute Gasteiger partial charge is 0.264 e. The molecule has 6 aromatic carbocycles. The molecule has 1 aromatic heterocycles. The Morgan fingerprint density at radius 2 is 1.10 bits per heavy atom. The molecule has 2 aliphatic carbocycles. The van der Waals surface area contributed by atoms with Crippen LogP contribution in [0.1, 0.15) is 32.6 Å². The van der Waals surface area contributed by atoms with Gasteiger partial charge >= 0.3 is 0 Å². The highest BCUT2D eigenvalue weighted by Gasteiger charge is 2.52. The third-order valence-electron chi connectivity index (χ3n) is 9.10. The van der Waals surface area contributed by atoms with Crippen LogP contribution in [0.4, 0.5) is 0 Å². The number of aromatic nitrogens is 1. The van der Waals surface area contributed by atoms with Gasteiger partial charge in [0.2, 0.25) is 0 Å². The van der Waals surface area contributed by atoms with E-state index in [-0.39, 0.29) is 5.91 Å². The molecule has 0 atom stereocenters. The van der Waals surface area contributed by atoms with Gasteiger partial charge in [-0.1, -0.05) is 115 Å². The first-order valence-corrected chi connectivity index (χ1v) is 14.7. The summed E-state index contributed by atoms with van der Waals surface area (Å²) in [4.78, 5) is 14.5. The molecule has 0 bridgehead atoms. The van der Waals surface area contributed by atoms with Crippen molar-refractivity contribution in [3.05, 3.63) is 166 Å². The molecule has 2 nitrogen and oxygen atoms in total. The molecule has 0 unspecified atom stereocenters. The van der Waals surface area contributed by atoms with Gasteiger partial charge in [0.1, 0.15) is 0 Å². The first kappa shape index (κ1) is 23.0. The fourth-order valence-corrected chi connectivity index (χ4v) is 8.05. The largest absolute Gasteiger partial charge is 0.275 e. The highest BCUT2D eigenvalue weighted by atomic mass is 79.9. The van der Waals surface area contributed by atoms with Crippen LogP contribution < -0.4 is 0 Å². The summed E-state index contributed by atoms with van der Waals surface area (Å²) >= 11 is 3.65. The van der Waals surface area contributed by atoms with Crippen molar-refractivity contribution in [2.45, 2.75) is 5.41 Å². The number of nitrogens with zero attached hydrogens (tertiary/aromatic N) is 1. The monoisotopic (exact) mass is 587 g/mol. The number of carbonyl (C=O) groups excluding carboxylic acids is 1. The zero-order chi connectivity index (χ0) is 27.3. The summed E-state index contributed by atoms with van der Waals surface area (Å²) < 4.78 is 2.74. The van der Waals surface area contributed by atoms with Crippen molar-refractivity contribution < 1.29 is 4.79 Å². The molecular formula is C38H22BrNO. The maximum atomic E-state index is 14.5. The van der Waals surface area contributed by atoms with Gasteiger partial charge in [0, 0.05) is 20.8 Å². The second kappa shape index (κ2) is 8.15. The van der Waals surface area contributed by atoms with E-state index in [0.717, 1.165) is 31.8 Å². The predicted octanol–water partition coefficient (Wildman–Crippen LogP) is 9.59. The molecule has 7 aromatic rings. The van der Waals surface area contributed by atoms with E-state index in [4.69, 9.17) is 0 Å². The molecular weight excluding hydrogens is 566 g/mol. The second-order valence-corrected chi connectivity index (χ2v) is 11.8. The minimum Gasteiger partial charge on any atom is -0.275 e. The van der Waals surface area contributed by atoms with E-state index < -0.39 is 5.41 Å². The molecule has 0 saturated heterocycles. The van der Waals surface area contributed by atoms with E-state index in [9.17, 15) is 4.79 Å². The lowest BCUT2D eigenvalue weighted by Gasteiger charge is -2.30. The van der Waals surface area contributed by atoms with Crippen LogP contribution >= 0.6 is 15.9 Å². The van der Waals surface area contributed by atoms with Crippen LogP contribution in [0.2, 0.25) is 0 Å². The van der Waals surface area contributed by atoms with Gasteiger partial charge in [0.25, 0.3) is 5.91 Å². The molecule has 0 fully saturated rings. The molecule has 41 heavy (non-hydrogen) atoms. The Kier molecular flexibility index (Phi) is 4.58. The molecule has 9 rings (SSSR count). The average molecular weight is 589 g/mol. The topological polar surface area (TPSA) is 22.0 Å². The minimum absolute atomic E-state index is 0.0391. The van der Waals surface area contributed by atoms with E-state index in [1.165, 1.54) is 38.9 Å². The molecule has 3 heteroatoms. The van der Waals surface area contributed by atoms with E-state index in [1.807, 2.05) is 34.9 Å². The third-order valence-corrected chi connectivity index (χ3v) is 9.79. The van der Waals surface area contributed by atoms with Gasteiger partial charge in [-0.05, 0) is 73.1 Å². The lowest BCUT2D eigenvalue weighted by atomic mass is 9.70. The highest BCUT2D eigenvalue weighted by molar-refractivity contribution is 9.10. The van der Waals surface area contributed by atoms with E-state index in [2.05, 4.69) is 119 Å². The van der Waals surface area contributed by atoms with E-state index >= 15 is 0 Å². The van der Waals surface area contributed by atoms with Crippen molar-refractivity contribution in [1.29, 1.82) is 0 Å². The van der Waals surface area contributed by atoms with Gasteiger partial charge in [-0.15, -0.1) is 0 Å². The molecule has 0 radical (unpaired) electrons. The normalized spacial score (nSPS) is 13.8. The fourth-order valence-electron chi connectivity index (χ4n) is 7.60. The summed E-state index contributed by atoms with van der Waals surface area (Å²) in [6.45, 7) is 0. The van der Waals surface area contributed by atoms with Crippen molar-refractivity contribution in [1.82, 2.24) is 4.57 Å². The summed E-state index contributed by atoms with van der Waals surface area (Å²) in [7, 11) is 0. The summed E-state index contributed by atoms with van der Waals surface area (Å²) in [5.74, 6) is -0.0391. The summed E-state index contributed by atoms with van der Waals surface area (Å²) in [6, 6.07) is 46.9. The van der Waals surface area contributed by atoms with Crippen LogP contribution in [0.25, 0.3) is 44.1 Å². The fraction of sp³-hybridized carbons (Fsp3) is 0.0263.